The van der Waals surface area contributed by atoms with Gasteiger partial charge in [0, 0.05) is 29.2 Å². The van der Waals surface area contributed by atoms with E-state index in [0.717, 1.165) is 41.7 Å². The van der Waals surface area contributed by atoms with Crippen LogP contribution in [-0.4, -0.2) is 44.6 Å². The molecule has 0 radical (unpaired) electrons. The zero-order valence-corrected chi connectivity index (χ0v) is 20.5. The van der Waals surface area contributed by atoms with Gasteiger partial charge in [-0.1, -0.05) is 29.8 Å². The second kappa shape index (κ2) is 9.50. The van der Waals surface area contributed by atoms with Crippen LogP contribution in [-0.2, 0) is 12.8 Å². The molecule has 0 bridgehead atoms. The van der Waals surface area contributed by atoms with Gasteiger partial charge in [0.2, 0.25) is 0 Å². The van der Waals surface area contributed by atoms with Crippen molar-refractivity contribution in [3.05, 3.63) is 82.1 Å². The van der Waals surface area contributed by atoms with Crippen molar-refractivity contribution in [1.29, 1.82) is 0 Å². The van der Waals surface area contributed by atoms with Gasteiger partial charge >= 0.3 is 0 Å². The van der Waals surface area contributed by atoms with Crippen LogP contribution < -0.4 is 5.32 Å². The number of amides is 2. The lowest BCUT2D eigenvalue weighted by molar-refractivity contribution is 0.0774. The van der Waals surface area contributed by atoms with Gasteiger partial charge in [0.15, 0.2) is 0 Å². The summed E-state index contributed by atoms with van der Waals surface area (Å²) in [5.74, 6) is -0.138. The number of pyridine rings is 1. The van der Waals surface area contributed by atoms with Crippen LogP contribution in [0.25, 0.3) is 16.6 Å². The third-order valence-electron chi connectivity index (χ3n) is 6.48. The normalized spacial score (nSPS) is 12.5. The number of para-hydroxylation sites is 1. The first-order valence-electron chi connectivity index (χ1n) is 11.9. The van der Waals surface area contributed by atoms with E-state index in [4.69, 9.17) is 16.6 Å². The Morgan fingerprint density at radius 3 is 2.60 bits per heavy atom. The highest BCUT2D eigenvalue weighted by atomic mass is 35.5. The maximum atomic E-state index is 13.9. The molecule has 2 aromatic heterocycles. The Kier molecular flexibility index (Phi) is 6.26. The molecule has 5 rings (SSSR count). The zero-order valence-electron chi connectivity index (χ0n) is 19.7. The molecule has 8 heteroatoms. The minimum absolute atomic E-state index is 0.180. The Bertz CT molecular complexity index is 1430. The van der Waals surface area contributed by atoms with E-state index in [2.05, 4.69) is 10.4 Å². The number of nitrogens with one attached hydrogen (secondary N) is 1. The standard InChI is InChI=1S/C27H26ClN5O2/c1-3-32(4-2)27(35)21-16-29-33(18-9-6-5-7-10-18)25(21)31-26(34)24-19-11-8-12-22(19)30-23-14-13-17(28)15-20(23)24/h5-7,9-10,13-16H,3-4,8,11-12H2,1-2H3,(H,31,34). The maximum absolute atomic E-state index is 13.9. The quantitative estimate of drug-likeness (QED) is 0.400. The van der Waals surface area contributed by atoms with E-state index in [1.807, 2.05) is 50.2 Å². The summed E-state index contributed by atoms with van der Waals surface area (Å²) in [6.45, 7) is 4.97. The molecule has 0 atom stereocenters. The van der Waals surface area contributed by atoms with E-state index in [1.54, 1.807) is 21.7 Å². The summed E-state index contributed by atoms with van der Waals surface area (Å²) in [4.78, 5) is 33.7. The number of aryl methyl sites for hydroxylation is 1. The summed E-state index contributed by atoms with van der Waals surface area (Å²) >= 11 is 6.30. The number of anilines is 1. The Hall–Kier alpha value is -3.71. The molecule has 2 amide bonds. The van der Waals surface area contributed by atoms with Gasteiger partial charge in [0.25, 0.3) is 11.8 Å². The molecule has 4 aromatic rings. The van der Waals surface area contributed by atoms with E-state index < -0.39 is 0 Å². The lowest BCUT2D eigenvalue weighted by atomic mass is 10.0. The van der Waals surface area contributed by atoms with Crippen LogP contribution in [0, 0.1) is 0 Å². The van der Waals surface area contributed by atoms with E-state index in [-0.39, 0.29) is 11.8 Å². The number of rotatable bonds is 6. The van der Waals surface area contributed by atoms with Gasteiger partial charge in [0.05, 0.1) is 23.0 Å². The van der Waals surface area contributed by atoms with Crippen LogP contribution in [0.1, 0.15) is 52.2 Å². The summed E-state index contributed by atoms with van der Waals surface area (Å²) < 4.78 is 1.60. The van der Waals surface area contributed by atoms with Crippen molar-refractivity contribution in [2.24, 2.45) is 0 Å². The molecule has 0 saturated heterocycles. The fraction of sp³-hybridized carbons (Fsp3) is 0.259. The molecule has 0 aliphatic heterocycles. The van der Waals surface area contributed by atoms with Crippen molar-refractivity contribution in [2.45, 2.75) is 33.1 Å². The monoisotopic (exact) mass is 487 g/mol. The van der Waals surface area contributed by atoms with Crippen molar-refractivity contribution >= 4 is 40.1 Å². The highest BCUT2D eigenvalue weighted by Gasteiger charge is 2.28. The lowest BCUT2D eigenvalue weighted by Crippen LogP contribution is -2.31. The number of halogens is 1. The van der Waals surface area contributed by atoms with Crippen LogP contribution in [0.2, 0.25) is 5.02 Å². The topological polar surface area (TPSA) is 80.1 Å². The van der Waals surface area contributed by atoms with Crippen LogP contribution in [0.3, 0.4) is 0 Å². The predicted molar refractivity (Wildman–Crippen MR) is 138 cm³/mol. The number of carbonyl (C=O) groups excluding carboxylic acids is 2. The van der Waals surface area contributed by atoms with E-state index in [9.17, 15) is 9.59 Å². The summed E-state index contributed by atoms with van der Waals surface area (Å²) in [5, 5.41) is 8.76. The zero-order chi connectivity index (χ0) is 24.5. The van der Waals surface area contributed by atoms with Crippen molar-refractivity contribution < 1.29 is 9.59 Å². The van der Waals surface area contributed by atoms with Crippen molar-refractivity contribution in [2.75, 3.05) is 18.4 Å². The van der Waals surface area contributed by atoms with E-state index in [0.29, 0.717) is 40.4 Å². The Balaban J connectivity index is 1.65. The van der Waals surface area contributed by atoms with Crippen LogP contribution in [0.15, 0.2) is 54.7 Å². The fourth-order valence-corrected chi connectivity index (χ4v) is 4.91. The average molecular weight is 488 g/mol. The van der Waals surface area contributed by atoms with Gasteiger partial charge in [0.1, 0.15) is 11.4 Å². The van der Waals surface area contributed by atoms with Gasteiger partial charge in [-0.3, -0.25) is 14.6 Å². The molecule has 0 unspecified atom stereocenters. The lowest BCUT2D eigenvalue weighted by Gasteiger charge is -2.19. The number of aromatic nitrogens is 3. The van der Waals surface area contributed by atoms with E-state index in [1.165, 1.54) is 6.20 Å². The average Bonchev–Trinajstić information content (AvgIpc) is 3.50. The molecule has 1 aliphatic carbocycles. The predicted octanol–water partition coefficient (Wildman–Crippen LogP) is 5.30. The number of hydrogen-bond acceptors (Lipinski definition) is 4. The largest absolute Gasteiger partial charge is 0.339 e. The van der Waals surface area contributed by atoms with E-state index >= 15 is 0 Å². The second-order valence-electron chi connectivity index (χ2n) is 8.51. The molecule has 2 heterocycles. The number of carbonyl (C=O) groups is 2. The van der Waals surface area contributed by atoms with Crippen molar-refractivity contribution in [3.63, 3.8) is 0 Å². The molecule has 178 valence electrons. The molecular weight excluding hydrogens is 462 g/mol. The van der Waals surface area contributed by atoms with Gasteiger partial charge in [-0.15, -0.1) is 0 Å². The van der Waals surface area contributed by atoms with Crippen LogP contribution >= 0.6 is 11.6 Å². The Morgan fingerprint density at radius 1 is 1.09 bits per heavy atom. The minimum atomic E-state index is -0.302. The SMILES string of the molecule is CCN(CC)C(=O)c1cnn(-c2ccccc2)c1NC(=O)c1c2c(nc3ccc(Cl)cc13)CCC2. The summed E-state index contributed by atoms with van der Waals surface area (Å²) in [5.41, 5.74) is 4.28. The maximum Gasteiger partial charge on any atom is 0.259 e. The molecule has 0 fully saturated rings. The summed E-state index contributed by atoms with van der Waals surface area (Å²) in [6, 6.07) is 14.9. The second-order valence-corrected chi connectivity index (χ2v) is 8.95. The Morgan fingerprint density at radius 2 is 1.86 bits per heavy atom. The molecule has 2 aromatic carbocycles. The molecule has 0 spiro atoms. The highest BCUT2D eigenvalue weighted by Crippen LogP contribution is 2.33. The number of benzene rings is 2. The van der Waals surface area contributed by atoms with Crippen molar-refractivity contribution in [1.82, 2.24) is 19.7 Å². The Labute approximate surface area is 208 Å². The molecule has 1 aliphatic rings. The summed E-state index contributed by atoms with van der Waals surface area (Å²) in [6.07, 6.45) is 4.08. The number of fused-ring (bicyclic) bond motifs is 2. The van der Waals surface area contributed by atoms with Gasteiger partial charge < -0.3 is 10.2 Å². The fourth-order valence-electron chi connectivity index (χ4n) is 4.74. The minimum Gasteiger partial charge on any atom is -0.339 e. The molecule has 1 N–H and O–H groups in total. The number of nitrogens with zero attached hydrogens (tertiary/aromatic N) is 4. The molecular formula is C27H26ClN5O2. The van der Waals surface area contributed by atoms with Crippen LogP contribution in [0.5, 0.6) is 0 Å². The van der Waals surface area contributed by atoms with Gasteiger partial charge in [-0.25, -0.2) is 4.68 Å². The molecule has 35 heavy (non-hydrogen) atoms. The third-order valence-corrected chi connectivity index (χ3v) is 6.72. The highest BCUT2D eigenvalue weighted by molar-refractivity contribution is 6.31. The first-order valence-corrected chi connectivity index (χ1v) is 12.2. The molecule has 7 nitrogen and oxygen atoms in total. The number of hydrogen-bond donors (Lipinski definition) is 1. The molecule has 0 saturated carbocycles. The summed E-state index contributed by atoms with van der Waals surface area (Å²) in [7, 11) is 0. The first-order chi connectivity index (χ1) is 17.0. The third kappa shape index (κ3) is 4.17. The van der Waals surface area contributed by atoms with Gasteiger partial charge in [-0.2, -0.15) is 5.10 Å². The van der Waals surface area contributed by atoms with Crippen LogP contribution in [0.4, 0.5) is 5.82 Å². The van der Waals surface area contributed by atoms with Gasteiger partial charge in [-0.05, 0) is 69.0 Å². The first kappa shape index (κ1) is 23.1. The smallest absolute Gasteiger partial charge is 0.259 e. The van der Waals surface area contributed by atoms with Crippen molar-refractivity contribution in [3.8, 4) is 5.69 Å².